The van der Waals surface area contributed by atoms with Gasteiger partial charge >= 0.3 is 0 Å². The predicted octanol–water partition coefficient (Wildman–Crippen LogP) is 3.96. The van der Waals surface area contributed by atoms with Crippen molar-refractivity contribution in [2.45, 2.75) is 11.8 Å². The Morgan fingerprint density at radius 2 is 1.48 bits per heavy atom. The number of halogens is 1. The van der Waals surface area contributed by atoms with E-state index in [1.807, 2.05) is 6.92 Å². The lowest BCUT2D eigenvalue weighted by Gasteiger charge is -2.11. The lowest BCUT2D eigenvalue weighted by Crippen LogP contribution is -2.25. The number of hydrogen-bond donors (Lipinski definition) is 0. The summed E-state index contributed by atoms with van der Waals surface area (Å²) in [6.07, 6.45) is 3.46. The zero-order chi connectivity index (χ0) is 17.2. The maximum absolute atomic E-state index is 12.9. The van der Waals surface area contributed by atoms with Gasteiger partial charge in [-0.3, -0.25) is 4.79 Å². The van der Waals surface area contributed by atoms with E-state index in [1.54, 1.807) is 48.9 Å². The molecule has 0 radical (unpaired) electrons. The first kappa shape index (κ1) is 17.9. The number of aryl methyl sites for hydroxylation is 1. The summed E-state index contributed by atoms with van der Waals surface area (Å²) in [7, 11) is -4.55. The van der Waals surface area contributed by atoms with E-state index >= 15 is 0 Å². The molecule has 2 rings (SSSR count). The lowest BCUT2D eigenvalue weighted by molar-refractivity contribution is 0.107. The Morgan fingerprint density at radius 3 is 1.96 bits per heavy atom. The number of rotatable bonds is 3. The van der Waals surface area contributed by atoms with E-state index in [9.17, 15) is 13.2 Å². The molecule has 0 aromatic heterocycles. The molecule has 0 aliphatic rings. The number of carbonyl (C=O) groups is 1. The van der Waals surface area contributed by atoms with Crippen LogP contribution in [0.1, 0.15) is 15.9 Å². The third kappa shape index (κ3) is 3.91. The SMILES string of the molecule is Cc1ccc(S(=O)(=O)C(C(=O)c2ccc(Cl)cc2)=S(C)C)cc1. The van der Waals surface area contributed by atoms with Crippen LogP contribution < -0.4 is 0 Å². The third-order valence-corrected chi connectivity index (χ3v) is 7.64. The summed E-state index contributed by atoms with van der Waals surface area (Å²) in [4.78, 5) is 12.9. The van der Waals surface area contributed by atoms with Crippen LogP contribution in [0.4, 0.5) is 0 Å². The number of hydrogen-bond acceptors (Lipinski definition) is 3. The first-order valence-corrected chi connectivity index (χ1v) is 10.7. The fourth-order valence-corrected chi connectivity index (χ4v) is 5.80. The summed E-state index contributed by atoms with van der Waals surface area (Å²) in [5, 5.41) is 0.497. The molecule has 6 heteroatoms. The van der Waals surface area contributed by atoms with Crippen molar-refractivity contribution >= 4 is 41.9 Å². The predicted molar refractivity (Wildman–Crippen MR) is 98.6 cm³/mol. The van der Waals surface area contributed by atoms with Gasteiger partial charge in [0.05, 0.1) is 4.90 Å². The number of ketones is 1. The van der Waals surface area contributed by atoms with E-state index in [1.165, 1.54) is 12.1 Å². The van der Waals surface area contributed by atoms with Crippen molar-refractivity contribution in [1.29, 1.82) is 0 Å². The summed E-state index contributed by atoms with van der Waals surface area (Å²) in [6.45, 7) is 1.88. The molecule has 0 bridgehead atoms. The van der Waals surface area contributed by atoms with Crippen molar-refractivity contribution in [3.63, 3.8) is 0 Å². The molecule has 23 heavy (non-hydrogen) atoms. The molecule has 0 saturated carbocycles. The monoisotopic (exact) mass is 368 g/mol. The molecule has 0 unspecified atom stereocenters. The van der Waals surface area contributed by atoms with Crippen LogP contribution in [0, 0.1) is 6.92 Å². The molecule has 0 atom stereocenters. The van der Waals surface area contributed by atoms with E-state index < -0.39 is 26.1 Å². The normalized spacial score (nSPS) is 11.5. The van der Waals surface area contributed by atoms with Crippen LogP contribution in [0.15, 0.2) is 53.4 Å². The van der Waals surface area contributed by atoms with E-state index in [-0.39, 0.29) is 9.09 Å². The highest BCUT2D eigenvalue weighted by Gasteiger charge is 2.29. The van der Waals surface area contributed by atoms with Gasteiger partial charge in [-0.25, -0.2) is 8.42 Å². The molecule has 0 aliphatic carbocycles. The Labute approximate surface area is 144 Å². The summed E-state index contributed by atoms with van der Waals surface area (Å²) in [5.74, 6) is -0.476. The Hall–Kier alpha value is -1.43. The van der Waals surface area contributed by atoms with E-state index in [0.29, 0.717) is 10.6 Å². The van der Waals surface area contributed by atoms with Gasteiger partial charge in [0.25, 0.3) is 0 Å². The van der Waals surface area contributed by atoms with Crippen molar-refractivity contribution in [3.05, 3.63) is 64.7 Å². The van der Waals surface area contributed by atoms with Crippen molar-refractivity contribution in [2.75, 3.05) is 12.5 Å². The van der Waals surface area contributed by atoms with Gasteiger partial charge in [-0.1, -0.05) is 29.3 Å². The minimum Gasteiger partial charge on any atom is -0.287 e. The summed E-state index contributed by atoms with van der Waals surface area (Å²) < 4.78 is 25.7. The van der Waals surface area contributed by atoms with Gasteiger partial charge in [0.2, 0.25) is 15.6 Å². The second-order valence-corrected chi connectivity index (χ2v) is 9.88. The van der Waals surface area contributed by atoms with Crippen molar-refractivity contribution in [1.82, 2.24) is 0 Å². The van der Waals surface area contributed by atoms with Crippen molar-refractivity contribution < 1.29 is 13.2 Å². The standard InChI is InChI=1S/C17H17ClO3S2/c1-12-4-10-15(11-5-12)23(20,21)17(22(2)3)16(19)13-6-8-14(18)9-7-13/h4-11H,1-3H3. The Balaban J connectivity index is 2.55. The van der Waals surface area contributed by atoms with Crippen LogP contribution in [-0.2, 0) is 9.84 Å². The van der Waals surface area contributed by atoms with Crippen LogP contribution in [0.5, 0.6) is 0 Å². The fourth-order valence-electron chi connectivity index (χ4n) is 2.07. The molecule has 2 aromatic rings. The Morgan fingerprint density at radius 1 is 0.957 bits per heavy atom. The van der Waals surface area contributed by atoms with Crippen LogP contribution >= 0.6 is 22.1 Å². The molecule has 122 valence electrons. The molecule has 0 fully saturated rings. The van der Waals surface area contributed by atoms with Crippen LogP contribution in [0.2, 0.25) is 5.02 Å². The maximum Gasteiger partial charge on any atom is 0.215 e. The zero-order valence-electron chi connectivity index (χ0n) is 13.0. The average molecular weight is 369 g/mol. The van der Waals surface area contributed by atoms with Crippen LogP contribution in [-0.4, -0.2) is 30.9 Å². The molecular weight excluding hydrogens is 352 g/mol. The summed E-state index contributed by atoms with van der Waals surface area (Å²) >= 11 is 5.82. The molecule has 0 spiro atoms. The van der Waals surface area contributed by atoms with Gasteiger partial charge in [0.1, 0.15) is 4.20 Å². The molecular formula is C17H17ClO3S2. The molecule has 0 aliphatic heterocycles. The third-order valence-electron chi connectivity index (χ3n) is 3.24. The van der Waals surface area contributed by atoms with E-state index in [4.69, 9.17) is 11.6 Å². The van der Waals surface area contributed by atoms with Gasteiger partial charge in [-0.2, -0.15) is 10.5 Å². The van der Waals surface area contributed by atoms with Crippen LogP contribution in [0.25, 0.3) is 0 Å². The van der Waals surface area contributed by atoms with E-state index in [2.05, 4.69) is 0 Å². The van der Waals surface area contributed by atoms with Gasteiger partial charge in [0, 0.05) is 10.6 Å². The Bertz CT molecular complexity index is 861. The number of sulfone groups is 1. The Kier molecular flexibility index (Phi) is 5.45. The quantitative estimate of drug-likeness (QED) is 0.608. The van der Waals surface area contributed by atoms with Gasteiger partial charge in [-0.15, -0.1) is 0 Å². The molecule has 0 amide bonds. The minimum absolute atomic E-state index is 0.0799. The second kappa shape index (κ2) is 6.99. The molecule has 3 nitrogen and oxygen atoms in total. The number of carbonyl (C=O) groups excluding carboxylic acids is 1. The minimum atomic E-state index is -3.83. The van der Waals surface area contributed by atoms with Crippen molar-refractivity contribution in [3.8, 4) is 0 Å². The number of Topliss-reactive ketones (excluding diaryl/α,β-unsaturated/α-hetero) is 1. The number of benzene rings is 2. The molecule has 0 N–H and O–H groups in total. The average Bonchev–Trinajstić information content (AvgIpc) is 2.47. The largest absolute Gasteiger partial charge is 0.287 e. The first-order valence-electron chi connectivity index (χ1n) is 6.80. The topological polar surface area (TPSA) is 51.2 Å². The highest BCUT2D eigenvalue weighted by molar-refractivity contribution is 8.32. The van der Waals surface area contributed by atoms with Crippen LogP contribution in [0.3, 0.4) is 0 Å². The second-order valence-electron chi connectivity index (χ2n) is 5.26. The highest BCUT2D eigenvalue weighted by Crippen LogP contribution is 2.22. The molecule has 2 aromatic carbocycles. The zero-order valence-corrected chi connectivity index (χ0v) is 15.4. The van der Waals surface area contributed by atoms with Gasteiger partial charge in [-0.05, 0) is 55.8 Å². The van der Waals surface area contributed by atoms with Crippen molar-refractivity contribution in [2.24, 2.45) is 0 Å². The highest BCUT2D eigenvalue weighted by atomic mass is 35.5. The van der Waals surface area contributed by atoms with Gasteiger partial charge in [0.15, 0.2) is 0 Å². The molecule has 0 heterocycles. The fraction of sp³-hybridized carbons (Fsp3) is 0.176. The van der Waals surface area contributed by atoms with E-state index in [0.717, 1.165) is 5.56 Å². The molecule has 0 saturated heterocycles. The summed E-state index contributed by atoms with van der Waals surface area (Å²) in [5.41, 5.74) is 1.28. The lowest BCUT2D eigenvalue weighted by atomic mass is 10.1. The smallest absolute Gasteiger partial charge is 0.215 e. The summed E-state index contributed by atoms with van der Waals surface area (Å²) in [6, 6.07) is 12.8. The maximum atomic E-state index is 12.9. The van der Waals surface area contributed by atoms with Gasteiger partial charge < -0.3 is 0 Å². The first-order chi connectivity index (χ1) is 10.7.